The van der Waals surface area contributed by atoms with E-state index in [-0.39, 0.29) is 18.7 Å². The number of hydrogen-bond acceptors (Lipinski definition) is 3. The SMILES string of the molecule is Cc1ccc([C@H](C)NC(=O)CCc2ccc3c(c2)OCO3)cc1. The molecule has 3 rings (SSSR count). The summed E-state index contributed by atoms with van der Waals surface area (Å²) < 4.78 is 10.6. The number of carbonyl (C=O) groups is 1. The highest BCUT2D eigenvalue weighted by atomic mass is 16.7. The van der Waals surface area contributed by atoms with E-state index in [1.54, 1.807) is 0 Å². The van der Waals surface area contributed by atoms with Crippen molar-refractivity contribution in [2.45, 2.75) is 32.7 Å². The standard InChI is InChI=1S/C19H21NO3/c1-13-3-7-16(8-4-13)14(2)20-19(21)10-6-15-5-9-17-18(11-15)23-12-22-17/h3-5,7-9,11,14H,6,10,12H2,1-2H3,(H,20,21)/t14-/m0/s1. The fraction of sp³-hybridized carbons (Fsp3) is 0.316. The molecule has 1 aliphatic rings. The van der Waals surface area contributed by atoms with Gasteiger partial charge in [0, 0.05) is 6.42 Å². The van der Waals surface area contributed by atoms with Gasteiger partial charge in [-0.2, -0.15) is 0 Å². The second-order valence-electron chi connectivity index (χ2n) is 5.89. The first-order valence-corrected chi connectivity index (χ1v) is 7.86. The predicted octanol–water partition coefficient (Wildman–Crippen LogP) is 3.53. The molecular formula is C19H21NO3. The first kappa shape index (κ1) is 15.4. The minimum Gasteiger partial charge on any atom is -0.454 e. The maximum Gasteiger partial charge on any atom is 0.231 e. The second-order valence-corrected chi connectivity index (χ2v) is 5.89. The Labute approximate surface area is 136 Å². The van der Waals surface area contributed by atoms with Crippen LogP contribution in [0.5, 0.6) is 11.5 Å². The van der Waals surface area contributed by atoms with Crippen molar-refractivity contribution in [3.63, 3.8) is 0 Å². The lowest BCUT2D eigenvalue weighted by Crippen LogP contribution is -2.26. The molecule has 1 aliphatic heterocycles. The highest BCUT2D eigenvalue weighted by Crippen LogP contribution is 2.32. The van der Waals surface area contributed by atoms with Gasteiger partial charge in [0.05, 0.1) is 6.04 Å². The maximum absolute atomic E-state index is 12.1. The van der Waals surface area contributed by atoms with Crippen molar-refractivity contribution in [2.24, 2.45) is 0 Å². The largest absolute Gasteiger partial charge is 0.454 e. The average Bonchev–Trinajstić information content (AvgIpc) is 3.01. The zero-order valence-corrected chi connectivity index (χ0v) is 13.5. The lowest BCUT2D eigenvalue weighted by Gasteiger charge is -2.14. The molecule has 0 bridgehead atoms. The molecule has 1 N–H and O–H groups in total. The van der Waals surface area contributed by atoms with E-state index >= 15 is 0 Å². The predicted molar refractivity (Wildman–Crippen MR) is 88.6 cm³/mol. The Morgan fingerprint density at radius 2 is 1.87 bits per heavy atom. The van der Waals surface area contributed by atoms with Gasteiger partial charge < -0.3 is 14.8 Å². The summed E-state index contributed by atoms with van der Waals surface area (Å²) in [6.45, 7) is 4.33. The van der Waals surface area contributed by atoms with Crippen molar-refractivity contribution in [1.29, 1.82) is 0 Å². The third kappa shape index (κ3) is 3.83. The fourth-order valence-corrected chi connectivity index (χ4v) is 2.61. The van der Waals surface area contributed by atoms with Gasteiger partial charge in [-0.15, -0.1) is 0 Å². The van der Waals surface area contributed by atoms with Crippen molar-refractivity contribution in [3.8, 4) is 11.5 Å². The summed E-state index contributed by atoms with van der Waals surface area (Å²) in [5, 5.41) is 3.04. The van der Waals surface area contributed by atoms with Gasteiger partial charge in [-0.25, -0.2) is 0 Å². The molecule has 1 amide bonds. The van der Waals surface area contributed by atoms with E-state index in [1.807, 2.05) is 25.1 Å². The Morgan fingerprint density at radius 1 is 1.13 bits per heavy atom. The molecule has 120 valence electrons. The van der Waals surface area contributed by atoms with E-state index in [0.29, 0.717) is 12.8 Å². The third-order valence-electron chi connectivity index (χ3n) is 4.03. The zero-order valence-electron chi connectivity index (χ0n) is 13.5. The number of amides is 1. The van der Waals surface area contributed by atoms with Crippen LogP contribution in [0, 0.1) is 6.92 Å². The van der Waals surface area contributed by atoms with Crippen LogP contribution in [0.4, 0.5) is 0 Å². The minimum absolute atomic E-state index is 0.0138. The Balaban J connectivity index is 1.52. The molecule has 0 aliphatic carbocycles. The first-order valence-electron chi connectivity index (χ1n) is 7.86. The maximum atomic E-state index is 12.1. The van der Waals surface area contributed by atoms with Crippen LogP contribution in [-0.2, 0) is 11.2 Å². The minimum atomic E-state index is 0.0138. The molecule has 1 atom stereocenters. The number of hydrogen-bond donors (Lipinski definition) is 1. The molecule has 0 unspecified atom stereocenters. The lowest BCUT2D eigenvalue weighted by molar-refractivity contribution is -0.121. The molecule has 1 heterocycles. The summed E-state index contributed by atoms with van der Waals surface area (Å²) in [6, 6.07) is 14.1. The van der Waals surface area contributed by atoms with E-state index in [1.165, 1.54) is 5.56 Å². The molecule has 4 nitrogen and oxygen atoms in total. The monoisotopic (exact) mass is 311 g/mol. The molecule has 0 aromatic heterocycles. The zero-order chi connectivity index (χ0) is 16.2. The van der Waals surface area contributed by atoms with Crippen LogP contribution in [0.15, 0.2) is 42.5 Å². The highest BCUT2D eigenvalue weighted by Gasteiger charge is 2.14. The van der Waals surface area contributed by atoms with E-state index in [9.17, 15) is 4.79 Å². The average molecular weight is 311 g/mol. The lowest BCUT2D eigenvalue weighted by atomic mass is 10.1. The van der Waals surface area contributed by atoms with Crippen LogP contribution in [0.1, 0.15) is 36.1 Å². The van der Waals surface area contributed by atoms with Crippen molar-refractivity contribution in [1.82, 2.24) is 5.32 Å². The van der Waals surface area contributed by atoms with E-state index in [0.717, 1.165) is 22.6 Å². The summed E-state index contributed by atoms with van der Waals surface area (Å²) in [6.07, 6.45) is 1.14. The molecule has 0 saturated carbocycles. The van der Waals surface area contributed by atoms with Gasteiger partial charge in [-0.05, 0) is 43.5 Å². The van der Waals surface area contributed by atoms with Crippen LogP contribution >= 0.6 is 0 Å². The van der Waals surface area contributed by atoms with Gasteiger partial charge in [-0.3, -0.25) is 4.79 Å². The van der Waals surface area contributed by atoms with E-state index in [2.05, 4.69) is 36.5 Å². The Hall–Kier alpha value is -2.49. The highest BCUT2D eigenvalue weighted by molar-refractivity contribution is 5.76. The van der Waals surface area contributed by atoms with Crippen LogP contribution < -0.4 is 14.8 Å². The topological polar surface area (TPSA) is 47.6 Å². The van der Waals surface area contributed by atoms with Crippen LogP contribution in [0.3, 0.4) is 0 Å². The number of nitrogens with one attached hydrogen (secondary N) is 1. The summed E-state index contributed by atoms with van der Waals surface area (Å²) in [4.78, 5) is 12.1. The van der Waals surface area contributed by atoms with Gasteiger partial charge in [0.25, 0.3) is 0 Å². The molecule has 0 fully saturated rings. The Bertz CT molecular complexity index is 694. The summed E-state index contributed by atoms with van der Waals surface area (Å²) >= 11 is 0. The van der Waals surface area contributed by atoms with Crippen LogP contribution in [0.25, 0.3) is 0 Å². The molecule has 4 heteroatoms. The van der Waals surface area contributed by atoms with Crippen molar-refractivity contribution < 1.29 is 14.3 Å². The molecule has 23 heavy (non-hydrogen) atoms. The van der Waals surface area contributed by atoms with E-state index < -0.39 is 0 Å². The summed E-state index contributed by atoms with van der Waals surface area (Å²) in [5.74, 6) is 1.58. The summed E-state index contributed by atoms with van der Waals surface area (Å²) in [7, 11) is 0. The number of carbonyl (C=O) groups excluding carboxylic acids is 1. The third-order valence-corrected chi connectivity index (χ3v) is 4.03. The van der Waals surface area contributed by atoms with Gasteiger partial charge in [0.15, 0.2) is 11.5 Å². The second kappa shape index (κ2) is 6.73. The van der Waals surface area contributed by atoms with Gasteiger partial charge >= 0.3 is 0 Å². The van der Waals surface area contributed by atoms with Crippen LogP contribution in [0.2, 0.25) is 0 Å². The number of benzene rings is 2. The number of rotatable bonds is 5. The van der Waals surface area contributed by atoms with Gasteiger partial charge in [0.1, 0.15) is 0 Å². The summed E-state index contributed by atoms with van der Waals surface area (Å²) in [5.41, 5.74) is 3.41. The number of fused-ring (bicyclic) bond motifs is 1. The fourth-order valence-electron chi connectivity index (χ4n) is 2.61. The van der Waals surface area contributed by atoms with Crippen molar-refractivity contribution in [3.05, 3.63) is 59.2 Å². The quantitative estimate of drug-likeness (QED) is 0.919. The number of ether oxygens (including phenoxy) is 2. The smallest absolute Gasteiger partial charge is 0.231 e. The first-order chi connectivity index (χ1) is 11.1. The Morgan fingerprint density at radius 3 is 2.65 bits per heavy atom. The van der Waals surface area contributed by atoms with Crippen LogP contribution in [-0.4, -0.2) is 12.7 Å². The molecule has 2 aromatic rings. The van der Waals surface area contributed by atoms with Crippen molar-refractivity contribution in [2.75, 3.05) is 6.79 Å². The van der Waals surface area contributed by atoms with Crippen molar-refractivity contribution >= 4 is 5.91 Å². The normalized spacial score (nSPS) is 13.7. The van der Waals surface area contributed by atoms with Gasteiger partial charge in [0.2, 0.25) is 12.7 Å². The molecule has 2 aromatic carbocycles. The molecular weight excluding hydrogens is 290 g/mol. The molecule has 0 radical (unpaired) electrons. The number of aryl methyl sites for hydroxylation is 2. The molecule has 0 saturated heterocycles. The Kier molecular flexibility index (Phi) is 4.51. The molecule has 0 spiro atoms. The van der Waals surface area contributed by atoms with E-state index in [4.69, 9.17) is 9.47 Å². The van der Waals surface area contributed by atoms with Gasteiger partial charge in [-0.1, -0.05) is 35.9 Å².